The molecule has 0 aliphatic heterocycles. The normalized spacial score (nSPS) is 12.3. The van der Waals surface area contributed by atoms with Gasteiger partial charge in [-0.25, -0.2) is 0 Å². The minimum absolute atomic E-state index is 0.630. The molecule has 0 unspecified atom stereocenters. The first-order valence-corrected chi connectivity index (χ1v) is 41.9. The van der Waals surface area contributed by atoms with E-state index in [9.17, 15) is 3.58 Å². The number of unbranched alkanes of at least 4 members (excludes halogenated alkanes) is 32. The molecule has 0 fully saturated rings. The van der Waals surface area contributed by atoms with Crippen molar-refractivity contribution in [2.75, 3.05) is 49.3 Å². The Kier molecular flexibility index (Phi) is 61.8. The third kappa shape index (κ3) is 57.2. The van der Waals surface area contributed by atoms with E-state index >= 15 is 0 Å². The van der Waals surface area contributed by atoms with Gasteiger partial charge in [0.15, 0.2) is 0 Å². The van der Waals surface area contributed by atoms with E-state index in [1.54, 1.807) is 62.1 Å². The third-order valence-electron chi connectivity index (χ3n) is 13.9. The third-order valence-corrected chi connectivity index (χ3v) is 24.0. The summed E-state index contributed by atoms with van der Waals surface area (Å²) in [4.78, 5) is 0. The van der Waals surface area contributed by atoms with E-state index in [2.05, 4.69) is 97.9 Å². The van der Waals surface area contributed by atoms with E-state index < -0.39 is 22.2 Å². The maximum atomic E-state index is 11.5. The summed E-state index contributed by atoms with van der Waals surface area (Å²) in [6.45, 7) is 19.0. The summed E-state index contributed by atoms with van der Waals surface area (Å²) in [5, 5.41) is 0. The van der Waals surface area contributed by atoms with Crippen LogP contribution in [0.2, 0.25) is 0 Å². The van der Waals surface area contributed by atoms with E-state index in [0.29, 0.717) is 0 Å². The predicted octanol–water partition coefficient (Wildman–Crippen LogP) is 24.7. The molecule has 0 saturated heterocycles. The molecular formula is C56H120Br3CoFP2. The Morgan fingerprint density at radius 3 is 0.476 bits per heavy atom. The predicted molar refractivity (Wildman–Crippen MR) is 311 cm³/mol. The molecule has 7 heteroatoms. The van der Waals surface area contributed by atoms with Crippen molar-refractivity contribution in [3.8, 4) is 0 Å². The Hall–Kier alpha value is 2.74. The van der Waals surface area contributed by atoms with Crippen LogP contribution >= 0.6 is 57.0 Å². The molecule has 0 aliphatic carbocycles. The molecule has 0 bridgehead atoms. The van der Waals surface area contributed by atoms with Crippen LogP contribution in [0.25, 0.3) is 0 Å². The van der Waals surface area contributed by atoms with Gasteiger partial charge in [-0.3, -0.25) is 0 Å². The molecule has 0 spiro atoms. The van der Waals surface area contributed by atoms with Gasteiger partial charge in [0.25, 0.3) is 0 Å². The van der Waals surface area contributed by atoms with Crippen LogP contribution in [0.5, 0.6) is 0 Å². The molecule has 0 aromatic heterocycles. The van der Waals surface area contributed by atoms with Crippen molar-refractivity contribution in [2.24, 2.45) is 0 Å². The number of rotatable bonds is 48. The summed E-state index contributed by atoms with van der Waals surface area (Å²) < 4.78 is 11.5. The second-order valence-electron chi connectivity index (χ2n) is 20.1. The zero-order chi connectivity index (χ0) is 47.4. The van der Waals surface area contributed by atoms with Gasteiger partial charge in [0.05, 0.1) is 49.3 Å². The van der Waals surface area contributed by atoms with Crippen molar-refractivity contribution >= 4 is 57.0 Å². The fourth-order valence-electron chi connectivity index (χ4n) is 9.59. The first-order chi connectivity index (χ1) is 30.5. The van der Waals surface area contributed by atoms with Crippen LogP contribution in [0.3, 0.4) is 0 Å². The van der Waals surface area contributed by atoms with Crippen molar-refractivity contribution in [1.82, 2.24) is 0 Å². The summed E-state index contributed by atoms with van der Waals surface area (Å²) >= 11 is 7.95. The van der Waals surface area contributed by atoms with Crippen LogP contribution in [0.1, 0.15) is 312 Å². The van der Waals surface area contributed by atoms with Gasteiger partial charge in [0.1, 0.15) is 0 Å². The molecule has 0 saturated carbocycles. The molecule has 0 amide bonds. The molecule has 391 valence electrons. The van der Waals surface area contributed by atoms with Gasteiger partial charge >= 0.3 is 53.8 Å². The Labute approximate surface area is 426 Å². The van der Waals surface area contributed by atoms with Gasteiger partial charge in [0, 0.05) is 14.5 Å². The number of hydrogen-bond acceptors (Lipinski definition) is 0. The van der Waals surface area contributed by atoms with Crippen LogP contribution in [0.15, 0.2) is 0 Å². The van der Waals surface area contributed by atoms with Crippen molar-refractivity contribution < 1.29 is 11.3 Å². The maximum absolute atomic E-state index is 11.5. The molecule has 0 atom stereocenters. The van der Waals surface area contributed by atoms with Gasteiger partial charge in [-0.1, -0.05) is 248 Å². The van der Waals surface area contributed by atoms with Gasteiger partial charge < -0.3 is 0 Å². The molecule has 0 N–H and O–H groups in total. The van der Waals surface area contributed by atoms with E-state index in [1.165, 1.54) is 244 Å². The summed E-state index contributed by atoms with van der Waals surface area (Å²) in [6, 6.07) is 0. The fraction of sp³-hybridized carbons (Fsp3) is 1.00. The summed E-state index contributed by atoms with van der Waals surface area (Å²) in [6.07, 6.45) is 71.9. The quantitative estimate of drug-likeness (QED) is 0.0421. The molecule has 0 rings (SSSR count). The standard InChI is InChI=1S/2C28H60P.3BrH.Co.FH/c2*1-5-9-13-14-15-16-17-18-19-20-21-22-23-24-28-29(25-10-6-2,26-11-7-3)27-12-8-4;;;;;/h2*5-28H2,1-4H3;3*1H;;1H/q2*+1;;;;+2;/p-4. The molecule has 0 aromatic carbocycles. The van der Waals surface area contributed by atoms with Crippen LogP contribution in [0, 0.1) is 0 Å². The van der Waals surface area contributed by atoms with Crippen molar-refractivity contribution in [3.63, 3.8) is 0 Å². The van der Waals surface area contributed by atoms with Gasteiger partial charge in [-0.15, -0.1) is 0 Å². The average Bonchev–Trinajstić information content (AvgIpc) is 3.26. The van der Waals surface area contributed by atoms with Crippen LogP contribution < -0.4 is 0 Å². The first-order valence-electron chi connectivity index (χ1n) is 28.7. The second-order valence-corrected chi connectivity index (χ2v) is 47.7. The fourth-order valence-corrected chi connectivity index (χ4v) is 20.0. The average molecular weight is 1170 g/mol. The molecule has 0 aliphatic rings. The summed E-state index contributed by atoms with van der Waals surface area (Å²) in [7, 11) is -3.70. The Balaban J connectivity index is -0.00000103. The van der Waals surface area contributed by atoms with Crippen molar-refractivity contribution in [3.05, 3.63) is 0 Å². The van der Waals surface area contributed by atoms with Crippen LogP contribution in [0.4, 0.5) is 3.58 Å². The van der Waals surface area contributed by atoms with E-state index in [0.717, 1.165) is 0 Å². The van der Waals surface area contributed by atoms with Crippen LogP contribution in [-0.2, 0) is 7.70 Å². The Bertz CT molecular complexity index is 719. The zero-order valence-corrected chi connectivity index (χ0v) is 52.3. The monoisotopic (exact) mass is 1170 g/mol. The topological polar surface area (TPSA) is 0 Å². The Morgan fingerprint density at radius 1 is 0.222 bits per heavy atom. The van der Waals surface area contributed by atoms with Crippen molar-refractivity contribution in [1.29, 1.82) is 0 Å². The first kappa shape index (κ1) is 70.0. The van der Waals surface area contributed by atoms with E-state index in [-0.39, 0.29) is 0 Å². The number of halogens is 4. The van der Waals surface area contributed by atoms with E-state index in [1.807, 2.05) is 0 Å². The van der Waals surface area contributed by atoms with Crippen molar-refractivity contribution in [2.45, 2.75) is 312 Å². The number of hydrogen-bond donors (Lipinski definition) is 0. The molecule has 0 radical (unpaired) electrons. The molecule has 0 aromatic rings. The minimum atomic E-state index is -2.44. The van der Waals surface area contributed by atoms with Gasteiger partial charge in [-0.2, -0.15) is 0 Å². The molecule has 63 heavy (non-hydrogen) atoms. The van der Waals surface area contributed by atoms with E-state index in [4.69, 9.17) is 0 Å². The van der Waals surface area contributed by atoms with Crippen LogP contribution in [-0.4, -0.2) is 49.3 Å². The van der Waals surface area contributed by atoms with Gasteiger partial charge in [-0.05, 0) is 64.2 Å². The van der Waals surface area contributed by atoms with Gasteiger partial charge in [0.2, 0.25) is 0 Å². The molecule has 0 nitrogen and oxygen atoms in total. The zero-order valence-electron chi connectivity index (χ0n) is 44.7. The second kappa shape index (κ2) is 55.7. The SMILES string of the molecule is CCCCCCCCCCCCCCCC[P+](CCCC)(CCCC)CCCC.CCCCCCCCCCCCCCCC[P+](CCCC)(CCCC)CCCC.[F][Co-2]([Br])([Br])[Br]. The summed E-state index contributed by atoms with van der Waals surface area (Å²) in [5.41, 5.74) is 0. The summed E-state index contributed by atoms with van der Waals surface area (Å²) in [5.74, 6) is 0. The Morgan fingerprint density at radius 2 is 0.333 bits per heavy atom. The molecule has 0 heterocycles. The molecular weight excluding hydrogens is 1050 g/mol.